The SMILES string of the molecule is CCCCCNC(=O)Cc1c(C)c2cc(S(=O)(=O)O)c(N)cc2oc1=O. The Kier molecular flexibility index (Phi) is 6.04. The third-order valence-electron chi connectivity index (χ3n) is 4.14. The summed E-state index contributed by atoms with van der Waals surface area (Å²) in [4.78, 5) is 23.8. The first-order chi connectivity index (χ1) is 12.1. The van der Waals surface area contributed by atoms with Gasteiger partial charge in [0.1, 0.15) is 10.5 Å². The maximum atomic E-state index is 12.2. The van der Waals surface area contributed by atoms with Crippen LogP contribution in [0.1, 0.15) is 37.3 Å². The monoisotopic (exact) mass is 382 g/mol. The number of fused-ring (bicyclic) bond motifs is 1. The molecule has 0 spiro atoms. The van der Waals surface area contributed by atoms with Crippen LogP contribution >= 0.6 is 0 Å². The van der Waals surface area contributed by atoms with Crippen LogP contribution in [0.25, 0.3) is 11.0 Å². The van der Waals surface area contributed by atoms with Crippen molar-refractivity contribution in [2.24, 2.45) is 0 Å². The fraction of sp³-hybridized carbons (Fsp3) is 0.412. The van der Waals surface area contributed by atoms with Gasteiger partial charge in [0.15, 0.2) is 0 Å². The fourth-order valence-electron chi connectivity index (χ4n) is 2.68. The van der Waals surface area contributed by atoms with Gasteiger partial charge in [0.25, 0.3) is 10.1 Å². The quantitative estimate of drug-likeness (QED) is 0.287. The first-order valence-electron chi connectivity index (χ1n) is 8.25. The summed E-state index contributed by atoms with van der Waals surface area (Å²) in [5.74, 6) is -0.318. The Morgan fingerprint density at radius 2 is 2.00 bits per heavy atom. The predicted molar refractivity (Wildman–Crippen MR) is 97.7 cm³/mol. The van der Waals surface area contributed by atoms with Gasteiger partial charge in [-0.15, -0.1) is 0 Å². The predicted octanol–water partition coefficient (Wildman–Crippen LogP) is 1.78. The molecule has 0 saturated carbocycles. The number of amides is 1. The zero-order chi connectivity index (χ0) is 19.5. The molecular weight excluding hydrogens is 360 g/mol. The molecule has 0 saturated heterocycles. The maximum absolute atomic E-state index is 12.2. The summed E-state index contributed by atoms with van der Waals surface area (Å²) in [6.07, 6.45) is 2.70. The zero-order valence-electron chi connectivity index (χ0n) is 14.7. The average Bonchev–Trinajstić information content (AvgIpc) is 2.54. The van der Waals surface area contributed by atoms with Crippen molar-refractivity contribution in [3.8, 4) is 0 Å². The average molecular weight is 382 g/mol. The van der Waals surface area contributed by atoms with E-state index >= 15 is 0 Å². The number of benzene rings is 1. The van der Waals surface area contributed by atoms with Crippen molar-refractivity contribution in [2.75, 3.05) is 12.3 Å². The van der Waals surface area contributed by atoms with E-state index in [2.05, 4.69) is 12.2 Å². The molecule has 142 valence electrons. The van der Waals surface area contributed by atoms with E-state index in [9.17, 15) is 22.6 Å². The maximum Gasteiger partial charge on any atom is 0.340 e. The van der Waals surface area contributed by atoms with Gasteiger partial charge in [-0.25, -0.2) is 4.79 Å². The van der Waals surface area contributed by atoms with E-state index in [1.165, 1.54) is 6.07 Å². The Labute approximate surface area is 151 Å². The van der Waals surface area contributed by atoms with Crippen LogP contribution in [-0.2, 0) is 21.3 Å². The largest absolute Gasteiger partial charge is 0.422 e. The van der Waals surface area contributed by atoms with Crippen LogP contribution in [0.2, 0.25) is 0 Å². The molecule has 1 heterocycles. The van der Waals surface area contributed by atoms with E-state index in [-0.39, 0.29) is 29.2 Å². The lowest BCUT2D eigenvalue weighted by atomic mass is 10.0. The molecule has 0 aliphatic carbocycles. The van der Waals surface area contributed by atoms with Crippen LogP contribution in [-0.4, -0.2) is 25.4 Å². The molecule has 0 aliphatic rings. The molecule has 0 fully saturated rings. The molecule has 0 atom stereocenters. The second-order valence-electron chi connectivity index (χ2n) is 6.09. The number of carbonyl (C=O) groups is 1. The summed E-state index contributed by atoms with van der Waals surface area (Å²) in [7, 11) is -4.53. The minimum Gasteiger partial charge on any atom is -0.422 e. The highest BCUT2D eigenvalue weighted by Crippen LogP contribution is 2.28. The summed E-state index contributed by atoms with van der Waals surface area (Å²) in [5.41, 5.74) is 5.32. The van der Waals surface area contributed by atoms with Gasteiger partial charge in [-0.2, -0.15) is 8.42 Å². The van der Waals surface area contributed by atoms with Crippen molar-refractivity contribution >= 4 is 32.7 Å². The summed E-state index contributed by atoms with van der Waals surface area (Å²) >= 11 is 0. The number of hydrogen-bond donors (Lipinski definition) is 3. The smallest absolute Gasteiger partial charge is 0.340 e. The molecule has 0 bridgehead atoms. The van der Waals surface area contributed by atoms with Crippen molar-refractivity contribution in [1.82, 2.24) is 5.32 Å². The molecule has 2 aromatic rings. The molecule has 26 heavy (non-hydrogen) atoms. The number of nitrogens with one attached hydrogen (secondary N) is 1. The summed E-state index contributed by atoms with van der Waals surface area (Å²) in [6, 6.07) is 2.31. The third-order valence-corrected chi connectivity index (χ3v) is 5.04. The highest BCUT2D eigenvalue weighted by atomic mass is 32.2. The van der Waals surface area contributed by atoms with Gasteiger partial charge < -0.3 is 15.5 Å². The van der Waals surface area contributed by atoms with Gasteiger partial charge in [-0.05, 0) is 25.0 Å². The number of anilines is 1. The molecule has 1 aromatic carbocycles. The van der Waals surface area contributed by atoms with Gasteiger partial charge in [0.2, 0.25) is 5.91 Å². The molecule has 1 amide bonds. The zero-order valence-corrected chi connectivity index (χ0v) is 15.5. The standard InChI is InChI=1S/C17H22N2O6S/c1-3-4-5-6-19-16(20)8-12-10(2)11-7-15(26(22,23)24)13(18)9-14(11)25-17(12)21/h7,9H,3-6,8,18H2,1-2H3,(H,19,20)(H,22,23,24). The van der Waals surface area contributed by atoms with Crippen molar-refractivity contribution in [3.63, 3.8) is 0 Å². The van der Waals surface area contributed by atoms with Crippen LogP contribution in [0.3, 0.4) is 0 Å². The minimum absolute atomic E-state index is 0.0875. The van der Waals surface area contributed by atoms with Crippen molar-refractivity contribution in [1.29, 1.82) is 0 Å². The van der Waals surface area contributed by atoms with Crippen LogP contribution in [0.15, 0.2) is 26.2 Å². The number of nitrogens with two attached hydrogens (primary N) is 1. The summed E-state index contributed by atoms with van der Waals surface area (Å²) < 4.78 is 37.3. The number of rotatable bonds is 7. The lowest BCUT2D eigenvalue weighted by Crippen LogP contribution is -2.28. The van der Waals surface area contributed by atoms with Crippen LogP contribution < -0.4 is 16.7 Å². The van der Waals surface area contributed by atoms with E-state index in [0.29, 0.717) is 17.5 Å². The lowest BCUT2D eigenvalue weighted by molar-refractivity contribution is -0.120. The van der Waals surface area contributed by atoms with Crippen LogP contribution in [0.4, 0.5) is 5.69 Å². The fourth-order valence-corrected chi connectivity index (χ4v) is 3.31. The van der Waals surface area contributed by atoms with Crippen LogP contribution in [0, 0.1) is 6.92 Å². The molecule has 1 aromatic heterocycles. The van der Waals surface area contributed by atoms with Crippen LogP contribution in [0.5, 0.6) is 0 Å². The van der Waals surface area contributed by atoms with Crippen molar-refractivity contribution in [3.05, 3.63) is 33.7 Å². The molecule has 8 nitrogen and oxygen atoms in total. The first kappa shape index (κ1) is 19.9. The molecular formula is C17H22N2O6S. The number of nitrogen functional groups attached to an aromatic ring is 1. The van der Waals surface area contributed by atoms with Crippen molar-refractivity contribution < 1.29 is 22.2 Å². The molecule has 0 radical (unpaired) electrons. The Bertz CT molecular complexity index is 994. The summed E-state index contributed by atoms with van der Waals surface area (Å²) in [6.45, 7) is 4.16. The normalized spacial score (nSPS) is 11.7. The van der Waals surface area contributed by atoms with Gasteiger partial charge in [-0.3, -0.25) is 9.35 Å². The van der Waals surface area contributed by atoms with E-state index in [1.54, 1.807) is 6.92 Å². The molecule has 0 unspecified atom stereocenters. The Hall–Kier alpha value is -2.39. The lowest BCUT2D eigenvalue weighted by Gasteiger charge is -2.10. The van der Waals surface area contributed by atoms with E-state index in [1.807, 2.05) is 0 Å². The number of unbranched alkanes of at least 4 members (excludes halogenated alkanes) is 2. The number of carbonyl (C=O) groups excluding carboxylic acids is 1. The minimum atomic E-state index is -4.53. The second-order valence-corrected chi connectivity index (χ2v) is 7.48. The Balaban J connectivity index is 2.40. The highest BCUT2D eigenvalue weighted by molar-refractivity contribution is 7.86. The topological polar surface area (TPSA) is 140 Å². The molecule has 2 rings (SSSR count). The van der Waals surface area contributed by atoms with E-state index < -0.39 is 20.6 Å². The number of aryl methyl sites for hydroxylation is 1. The van der Waals surface area contributed by atoms with Gasteiger partial charge in [0.05, 0.1) is 17.7 Å². The van der Waals surface area contributed by atoms with Gasteiger partial charge in [0, 0.05) is 18.0 Å². The van der Waals surface area contributed by atoms with E-state index in [0.717, 1.165) is 25.3 Å². The second kappa shape index (κ2) is 7.88. The Morgan fingerprint density at radius 1 is 1.31 bits per heavy atom. The van der Waals surface area contributed by atoms with E-state index in [4.69, 9.17) is 10.2 Å². The number of hydrogen-bond acceptors (Lipinski definition) is 6. The summed E-state index contributed by atoms with van der Waals surface area (Å²) in [5, 5.41) is 3.03. The molecule has 0 aliphatic heterocycles. The first-order valence-corrected chi connectivity index (χ1v) is 9.69. The Morgan fingerprint density at radius 3 is 2.62 bits per heavy atom. The van der Waals surface area contributed by atoms with Crippen molar-refractivity contribution in [2.45, 2.75) is 44.4 Å². The van der Waals surface area contributed by atoms with Gasteiger partial charge >= 0.3 is 5.63 Å². The molecule has 9 heteroatoms. The van der Waals surface area contributed by atoms with Gasteiger partial charge in [-0.1, -0.05) is 19.8 Å². The molecule has 4 N–H and O–H groups in total. The highest BCUT2D eigenvalue weighted by Gasteiger charge is 2.20. The third kappa shape index (κ3) is 4.41.